The van der Waals surface area contributed by atoms with Crippen LogP contribution in [0.1, 0.15) is 16.7 Å². The number of hydrogen-bond donors (Lipinski definition) is 1. The second kappa shape index (κ2) is 7.99. The molecule has 120 valence electrons. The lowest BCUT2D eigenvalue weighted by atomic mass is 10.1. The Balaban J connectivity index is 1.84. The van der Waals surface area contributed by atoms with Crippen molar-refractivity contribution in [2.24, 2.45) is 5.10 Å². The van der Waals surface area contributed by atoms with Gasteiger partial charge in [0.2, 0.25) is 0 Å². The highest BCUT2D eigenvalue weighted by atomic mass is 35.5. The Hall–Kier alpha value is -2.04. The van der Waals surface area contributed by atoms with Crippen LogP contribution in [0, 0.1) is 13.8 Å². The maximum atomic E-state index is 11.7. The van der Waals surface area contributed by atoms with E-state index < -0.39 is 0 Å². The monoisotopic (exact) mass is 350 g/mol. The summed E-state index contributed by atoms with van der Waals surface area (Å²) >= 11 is 11.9. The molecule has 0 spiro atoms. The van der Waals surface area contributed by atoms with Crippen LogP contribution in [0.25, 0.3) is 0 Å². The van der Waals surface area contributed by atoms with Gasteiger partial charge in [0, 0.05) is 10.0 Å². The number of nitrogens with zero attached hydrogens (tertiary/aromatic N) is 1. The number of benzene rings is 2. The lowest BCUT2D eigenvalue weighted by Gasteiger charge is -2.09. The van der Waals surface area contributed by atoms with Crippen LogP contribution in [0.15, 0.2) is 41.5 Å². The van der Waals surface area contributed by atoms with Gasteiger partial charge in [0.1, 0.15) is 5.75 Å². The van der Waals surface area contributed by atoms with E-state index in [1.165, 1.54) is 6.21 Å². The molecule has 0 aliphatic heterocycles. The van der Waals surface area contributed by atoms with Crippen molar-refractivity contribution in [1.82, 2.24) is 5.43 Å². The zero-order valence-electron chi connectivity index (χ0n) is 12.8. The number of halogens is 2. The number of aryl methyl sites for hydroxylation is 2. The maximum absolute atomic E-state index is 11.7. The van der Waals surface area contributed by atoms with Crippen molar-refractivity contribution in [3.05, 3.63) is 63.1 Å². The van der Waals surface area contributed by atoms with Crippen LogP contribution >= 0.6 is 23.2 Å². The van der Waals surface area contributed by atoms with Gasteiger partial charge in [-0.25, -0.2) is 5.43 Å². The molecule has 0 aromatic heterocycles. The van der Waals surface area contributed by atoms with Gasteiger partial charge in [-0.15, -0.1) is 0 Å². The number of hydrazone groups is 1. The summed E-state index contributed by atoms with van der Waals surface area (Å²) in [5, 5.41) is 5.21. The minimum absolute atomic E-state index is 0.127. The fourth-order valence-corrected chi connectivity index (χ4v) is 2.13. The first-order chi connectivity index (χ1) is 11.0. The van der Waals surface area contributed by atoms with Gasteiger partial charge in [0.05, 0.1) is 6.21 Å². The van der Waals surface area contributed by atoms with Gasteiger partial charge >= 0.3 is 0 Å². The highest BCUT2D eigenvalue weighted by molar-refractivity contribution is 6.32. The zero-order valence-corrected chi connectivity index (χ0v) is 14.3. The van der Waals surface area contributed by atoms with Crippen molar-refractivity contribution in [3.8, 4) is 5.75 Å². The molecule has 0 heterocycles. The van der Waals surface area contributed by atoms with Crippen LogP contribution in [0.4, 0.5) is 0 Å². The lowest BCUT2D eigenvalue weighted by molar-refractivity contribution is -0.123. The summed E-state index contributed by atoms with van der Waals surface area (Å²) in [4.78, 5) is 11.7. The predicted octanol–water partition coefficient (Wildman–Crippen LogP) is 4.14. The third-order valence-corrected chi connectivity index (χ3v) is 3.90. The van der Waals surface area contributed by atoms with Crippen molar-refractivity contribution < 1.29 is 9.53 Å². The quantitative estimate of drug-likeness (QED) is 0.650. The number of rotatable bonds is 5. The molecule has 0 bridgehead atoms. The van der Waals surface area contributed by atoms with E-state index in [1.54, 1.807) is 36.4 Å². The van der Waals surface area contributed by atoms with Crippen LogP contribution in [0.5, 0.6) is 5.75 Å². The standard InChI is InChI=1S/C17H16Cl2N2O2/c1-11-7-15(8-12(2)17(11)19)23-10-16(22)21-20-9-13-3-5-14(18)6-4-13/h3-9H,10H2,1-2H3,(H,21,22). The molecule has 0 unspecified atom stereocenters. The summed E-state index contributed by atoms with van der Waals surface area (Å²) < 4.78 is 5.44. The Kier molecular flexibility index (Phi) is 6.02. The molecule has 0 fully saturated rings. The smallest absolute Gasteiger partial charge is 0.277 e. The average Bonchev–Trinajstić information content (AvgIpc) is 2.52. The van der Waals surface area contributed by atoms with Crippen LogP contribution in [0.2, 0.25) is 10.0 Å². The van der Waals surface area contributed by atoms with E-state index in [-0.39, 0.29) is 12.5 Å². The van der Waals surface area contributed by atoms with Gasteiger partial charge in [-0.3, -0.25) is 4.79 Å². The largest absolute Gasteiger partial charge is 0.484 e. The number of carbonyl (C=O) groups excluding carboxylic acids is 1. The second-order valence-corrected chi connectivity index (χ2v) is 5.82. The van der Waals surface area contributed by atoms with Crippen molar-refractivity contribution in [2.75, 3.05) is 6.61 Å². The van der Waals surface area contributed by atoms with Gasteiger partial charge in [0.25, 0.3) is 5.91 Å². The molecule has 6 heteroatoms. The van der Waals surface area contributed by atoms with Crippen molar-refractivity contribution in [3.63, 3.8) is 0 Å². The molecule has 1 N–H and O–H groups in total. The second-order valence-electron chi connectivity index (χ2n) is 5.00. The van der Waals surface area contributed by atoms with Crippen LogP contribution < -0.4 is 10.2 Å². The Morgan fingerprint density at radius 2 is 1.78 bits per heavy atom. The van der Waals surface area contributed by atoms with E-state index in [0.29, 0.717) is 15.8 Å². The van der Waals surface area contributed by atoms with E-state index >= 15 is 0 Å². The fraction of sp³-hybridized carbons (Fsp3) is 0.176. The summed E-state index contributed by atoms with van der Waals surface area (Å²) in [7, 11) is 0. The van der Waals surface area contributed by atoms with E-state index in [0.717, 1.165) is 16.7 Å². The minimum atomic E-state index is -0.347. The first-order valence-corrected chi connectivity index (χ1v) is 7.68. The molecule has 0 saturated carbocycles. The Morgan fingerprint density at radius 3 is 2.39 bits per heavy atom. The fourth-order valence-electron chi connectivity index (χ4n) is 1.90. The zero-order chi connectivity index (χ0) is 16.8. The molecule has 0 atom stereocenters. The number of hydrogen-bond acceptors (Lipinski definition) is 3. The van der Waals surface area contributed by atoms with E-state index in [4.69, 9.17) is 27.9 Å². The van der Waals surface area contributed by atoms with Gasteiger partial charge in [0.15, 0.2) is 6.61 Å². The predicted molar refractivity (Wildman–Crippen MR) is 93.6 cm³/mol. The molecule has 2 aromatic carbocycles. The van der Waals surface area contributed by atoms with E-state index in [1.807, 2.05) is 13.8 Å². The first kappa shape index (κ1) is 17.3. The normalized spacial score (nSPS) is 10.8. The molecular weight excluding hydrogens is 335 g/mol. The molecule has 0 aliphatic carbocycles. The van der Waals surface area contributed by atoms with Crippen molar-refractivity contribution >= 4 is 35.3 Å². The molecule has 0 saturated heterocycles. The molecule has 0 aliphatic rings. The number of nitrogens with one attached hydrogen (secondary N) is 1. The van der Waals surface area contributed by atoms with Gasteiger partial charge in [-0.05, 0) is 54.8 Å². The average molecular weight is 351 g/mol. The van der Waals surface area contributed by atoms with E-state index in [9.17, 15) is 4.79 Å². The van der Waals surface area contributed by atoms with Crippen LogP contribution in [-0.2, 0) is 4.79 Å². The summed E-state index contributed by atoms with van der Waals surface area (Å²) in [6, 6.07) is 10.7. The number of amides is 1. The third-order valence-electron chi connectivity index (χ3n) is 3.05. The molecule has 2 rings (SSSR count). The Labute approximate surface area is 145 Å². The summed E-state index contributed by atoms with van der Waals surface area (Å²) in [6.45, 7) is 3.65. The Bertz CT molecular complexity index is 705. The summed E-state index contributed by atoms with van der Waals surface area (Å²) in [5.74, 6) is 0.252. The number of ether oxygens (including phenoxy) is 1. The minimum Gasteiger partial charge on any atom is -0.484 e. The van der Waals surface area contributed by atoms with Gasteiger partial charge < -0.3 is 4.74 Å². The van der Waals surface area contributed by atoms with Crippen LogP contribution in [0.3, 0.4) is 0 Å². The highest BCUT2D eigenvalue weighted by Crippen LogP contribution is 2.25. The molecule has 0 radical (unpaired) electrons. The molecular formula is C17H16Cl2N2O2. The topological polar surface area (TPSA) is 50.7 Å². The highest BCUT2D eigenvalue weighted by Gasteiger charge is 2.06. The summed E-state index contributed by atoms with van der Waals surface area (Å²) in [6.07, 6.45) is 1.53. The maximum Gasteiger partial charge on any atom is 0.277 e. The number of carbonyl (C=O) groups is 1. The molecule has 23 heavy (non-hydrogen) atoms. The molecule has 4 nitrogen and oxygen atoms in total. The van der Waals surface area contributed by atoms with Crippen molar-refractivity contribution in [2.45, 2.75) is 13.8 Å². The Morgan fingerprint density at radius 1 is 1.17 bits per heavy atom. The third kappa shape index (κ3) is 5.27. The lowest BCUT2D eigenvalue weighted by Crippen LogP contribution is -2.24. The van der Waals surface area contributed by atoms with Crippen LogP contribution in [-0.4, -0.2) is 18.7 Å². The van der Waals surface area contributed by atoms with Gasteiger partial charge in [-0.1, -0.05) is 35.3 Å². The van der Waals surface area contributed by atoms with E-state index in [2.05, 4.69) is 10.5 Å². The van der Waals surface area contributed by atoms with Gasteiger partial charge in [-0.2, -0.15) is 5.10 Å². The summed E-state index contributed by atoms with van der Waals surface area (Å²) in [5.41, 5.74) is 5.05. The SMILES string of the molecule is Cc1cc(OCC(=O)NN=Cc2ccc(Cl)cc2)cc(C)c1Cl. The molecule has 1 amide bonds. The first-order valence-electron chi connectivity index (χ1n) is 6.92. The van der Waals surface area contributed by atoms with Crippen molar-refractivity contribution in [1.29, 1.82) is 0 Å². The molecule has 2 aromatic rings.